The van der Waals surface area contributed by atoms with E-state index in [9.17, 15) is 15.3 Å². The van der Waals surface area contributed by atoms with E-state index in [0.29, 0.717) is 13.0 Å². The monoisotopic (exact) mass is 467 g/mol. The highest BCUT2D eigenvalue weighted by atomic mass is 16.5. The Morgan fingerprint density at radius 2 is 1.82 bits per heavy atom. The molecule has 6 rings (SSSR count). The van der Waals surface area contributed by atoms with Gasteiger partial charge in [0.25, 0.3) is 0 Å². The molecule has 0 aromatic heterocycles. The van der Waals surface area contributed by atoms with Gasteiger partial charge in [-0.1, -0.05) is 6.92 Å². The molecule has 0 amide bonds. The lowest BCUT2D eigenvalue weighted by Crippen LogP contribution is -2.82. The maximum Gasteiger partial charge on any atom is 0.136 e. The Labute approximate surface area is 196 Å². The SMILES string of the molecule is CCN1C[C@]2(COC)CC[C@H](OC)[C@@]34[C@@H]5C[C@H]6[C@H](O)[C@@H]5[C@](O)(C[C@@H]6OC)[C@](O)([C@@H](OC)[C@H]23)[C@@H]14. The second-order valence-corrected chi connectivity index (χ2v) is 11.9. The molecule has 13 atom stereocenters. The summed E-state index contributed by atoms with van der Waals surface area (Å²) >= 11 is 0. The average Bonchev–Trinajstić information content (AvgIpc) is 3.16. The Bertz CT molecular complexity index is 814. The van der Waals surface area contributed by atoms with Crippen LogP contribution in [0.25, 0.3) is 0 Å². The molecule has 0 aromatic carbocycles. The number of hydrogen-bond donors (Lipinski definition) is 3. The summed E-state index contributed by atoms with van der Waals surface area (Å²) in [5.74, 6) is -0.492. The van der Waals surface area contributed by atoms with Crippen molar-refractivity contribution in [2.45, 2.75) is 74.3 Å². The third-order valence-electron chi connectivity index (χ3n) is 11.5. The zero-order valence-corrected chi connectivity index (χ0v) is 20.6. The number of aliphatic hydroxyl groups excluding tert-OH is 1. The van der Waals surface area contributed by atoms with Crippen LogP contribution < -0.4 is 0 Å². The van der Waals surface area contributed by atoms with E-state index in [4.69, 9.17) is 18.9 Å². The Morgan fingerprint density at radius 3 is 2.42 bits per heavy atom. The smallest absolute Gasteiger partial charge is 0.136 e. The number of nitrogens with zero attached hydrogens (tertiary/aromatic N) is 1. The average molecular weight is 468 g/mol. The van der Waals surface area contributed by atoms with Gasteiger partial charge in [0.2, 0.25) is 0 Å². The number of hydrogen-bond acceptors (Lipinski definition) is 8. The minimum Gasteiger partial charge on any atom is -0.392 e. The van der Waals surface area contributed by atoms with Crippen molar-refractivity contribution in [2.24, 2.45) is 34.5 Å². The number of likely N-dealkylation sites (N-methyl/N-ethyl adjacent to an activating group) is 1. The topological polar surface area (TPSA) is 101 Å². The predicted molar refractivity (Wildman–Crippen MR) is 119 cm³/mol. The normalized spacial score (nSPS) is 60.9. The van der Waals surface area contributed by atoms with Crippen molar-refractivity contribution < 1.29 is 34.3 Å². The summed E-state index contributed by atoms with van der Waals surface area (Å²) in [6, 6.07) is -0.312. The van der Waals surface area contributed by atoms with Gasteiger partial charge in [-0.25, -0.2) is 0 Å². The standard InChI is InChI=1S/C25H41NO7/c1-6-26-11-22(12-30-2)8-7-16(32-4)24-14-9-13-15(31-3)10-23(28,17(14)18(13)27)25(29,21(24)26)20(33-5)19(22)24/h13-21,27-29H,6-12H2,1-5H3/t13-,14-,15+,16+,17-,18+,19-,20+,21+,22+,23-,24+,25+/m1/s1. The second-order valence-electron chi connectivity index (χ2n) is 11.9. The fraction of sp³-hybridized carbons (Fsp3) is 1.00. The van der Waals surface area contributed by atoms with Gasteiger partial charge in [-0.2, -0.15) is 0 Å². The molecule has 1 spiro atoms. The van der Waals surface area contributed by atoms with Gasteiger partial charge < -0.3 is 34.3 Å². The zero-order valence-electron chi connectivity index (χ0n) is 20.6. The molecular formula is C25H41NO7. The summed E-state index contributed by atoms with van der Waals surface area (Å²) in [5, 5.41) is 37.1. The minimum absolute atomic E-state index is 0.00825. The Kier molecular flexibility index (Phi) is 4.99. The molecule has 33 heavy (non-hydrogen) atoms. The van der Waals surface area contributed by atoms with Crippen molar-refractivity contribution in [3.63, 3.8) is 0 Å². The van der Waals surface area contributed by atoms with Crippen LogP contribution in [0.3, 0.4) is 0 Å². The number of methoxy groups -OCH3 is 4. The van der Waals surface area contributed by atoms with Gasteiger partial charge in [-0.3, -0.25) is 4.90 Å². The number of aliphatic hydroxyl groups is 3. The number of ether oxygens (including phenoxy) is 4. The van der Waals surface area contributed by atoms with Crippen molar-refractivity contribution in [2.75, 3.05) is 48.1 Å². The number of rotatable bonds is 6. The first-order valence-electron chi connectivity index (χ1n) is 12.7. The molecule has 6 fully saturated rings. The van der Waals surface area contributed by atoms with Gasteiger partial charge in [0.1, 0.15) is 11.2 Å². The van der Waals surface area contributed by atoms with Crippen LogP contribution in [0.15, 0.2) is 0 Å². The van der Waals surface area contributed by atoms with E-state index in [1.54, 1.807) is 28.4 Å². The molecule has 0 unspecified atom stereocenters. The van der Waals surface area contributed by atoms with Crippen LogP contribution in [-0.2, 0) is 18.9 Å². The van der Waals surface area contributed by atoms with Crippen LogP contribution in [-0.4, -0.2) is 110 Å². The minimum atomic E-state index is -1.55. The van der Waals surface area contributed by atoms with Gasteiger partial charge >= 0.3 is 0 Å². The Hall–Kier alpha value is -0.320. The van der Waals surface area contributed by atoms with E-state index in [1.165, 1.54) is 0 Å². The lowest BCUT2D eigenvalue weighted by Gasteiger charge is -2.70. The van der Waals surface area contributed by atoms with E-state index in [-0.39, 0.29) is 41.4 Å². The Balaban J connectivity index is 1.68. The van der Waals surface area contributed by atoms with Crippen molar-refractivity contribution in [1.29, 1.82) is 0 Å². The molecule has 7 bridgehead atoms. The summed E-state index contributed by atoms with van der Waals surface area (Å²) in [6.45, 7) is 4.28. The maximum absolute atomic E-state index is 12.9. The predicted octanol–water partition coefficient (Wildman–Crippen LogP) is 0.271. The number of piperidine rings is 1. The van der Waals surface area contributed by atoms with Crippen LogP contribution in [0, 0.1) is 34.5 Å². The molecule has 1 saturated heterocycles. The van der Waals surface area contributed by atoms with Crippen LogP contribution in [0.2, 0.25) is 0 Å². The van der Waals surface area contributed by atoms with Crippen LogP contribution in [0.4, 0.5) is 0 Å². The summed E-state index contributed by atoms with van der Waals surface area (Å²) < 4.78 is 24.2. The van der Waals surface area contributed by atoms with Crippen LogP contribution in [0.1, 0.15) is 32.6 Å². The molecular weight excluding hydrogens is 426 g/mol. The van der Waals surface area contributed by atoms with Crippen molar-refractivity contribution in [3.8, 4) is 0 Å². The third kappa shape index (κ3) is 2.20. The summed E-state index contributed by atoms with van der Waals surface area (Å²) in [5.41, 5.74) is -3.70. The first-order chi connectivity index (χ1) is 15.8. The lowest BCUT2D eigenvalue weighted by atomic mass is 9.42. The van der Waals surface area contributed by atoms with Gasteiger partial charge in [0, 0.05) is 70.0 Å². The van der Waals surface area contributed by atoms with E-state index in [2.05, 4.69) is 11.8 Å². The highest BCUT2D eigenvalue weighted by Crippen LogP contribution is 2.80. The van der Waals surface area contributed by atoms with Crippen molar-refractivity contribution in [1.82, 2.24) is 4.90 Å². The van der Waals surface area contributed by atoms with Gasteiger partial charge in [-0.05, 0) is 31.7 Å². The first-order valence-corrected chi connectivity index (χ1v) is 12.7. The van der Waals surface area contributed by atoms with Crippen molar-refractivity contribution >= 4 is 0 Å². The maximum atomic E-state index is 12.9. The third-order valence-corrected chi connectivity index (χ3v) is 11.5. The van der Waals surface area contributed by atoms with E-state index < -0.39 is 34.7 Å². The molecule has 188 valence electrons. The largest absolute Gasteiger partial charge is 0.392 e. The molecule has 3 N–H and O–H groups in total. The van der Waals surface area contributed by atoms with Crippen LogP contribution in [0.5, 0.6) is 0 Å². The summed E-state index contributed by atoms with van der Waals surface area (Å²) in [4.78, 5) is 2.38. The molecule has 0 aromatic rings. The number of fused-ring (bicyclic) bond motifs is 2. The highest BCUT2D eigenvalue weighted by Gasteiger charge is 2.91. The van der Waals surface area contributed by atoms with E-state index >= 15 is 0 Å². The van der Waals surface area contributed by atoms with E-state index in [0.717, 1.165) is 32.4 Å². The summed E-state index contributed by atoms with van der Waals surface area (Å²) in [6.07, 6.45) is 1.21. The molecule has 8 heteroatoms. The van der Waals surface area contributed by atoms with E-state index in [1.807, 2.05) is 0 Å². The zero-order chi connectivity index (χ0) is 23.6. The second kappa shape index (κ2) is 7.13. The van der Waals surface area contributed by atoms with Gasteiger partial charge in [0.15, 0.2) is 0 Å². The molecule has 0 radical (unpaired) electrons. The summed E-state index contributed by atoms with van der Waals surface area (Å²) in [7, 11) is 6.85. The molecule has 8 nitrogen and oxygen atoms in total. The first kappa shape index (κ1) is 23.1. The molecule has 1 aliphatic heterocycles. The van der Waals surface area contributed by atoms with Gasteiger partial charge in [-0.15, -0.1) is 0 Å². The fourth-order valence-corrected chi connectivity index (χ4v) is 11.0. The molecule has 5 saturated carbocycles. The molecule has 6 aliphatic rings. The highest BCUT2D eigenvalue weighted by molar-refractivity contribution is 5.41. The molecule has 5 aliphatic carbocycles. The Morgan fingerprint density at radius 1 is 1.06 bits per heavy atom. The van der Waals surface area contributed by atoms with Crippen molar-refractivity contribution in [3.05, 3.63) is 0 Å². The van der Waals surface area contributed by atoms with Crippen LogP contribution >= 0.6 is 0 Å². The number of likely N-dealkylation sites (tertiary alicyclic amines) is 1. The fourth-order valence-electron chi connectivity index (χ4n) is 11.0. The lowest BCUT2D eigenvalue weighted by molar-refractivity contribution is -0.318. The van der Waals surface area contributed by atoms with Gasteiger partial charge in [0.05, 0.1) is 37.1 Å². The quantitative estimate of drug-likeness (QED) is 0.512. The molecule has 1 heterocycles.